The van der Waals surface area contributed by atoms with Crippen LogP contribution in [-0.4, -0.2) is 29.1 Å². The molecule has 0 atom stereocenters. The molecule has 1 aliphatic rings. The first-order valence-corrected chi connectivity index (χ1v) is 5.76. The molecule has 1 heterocycles. The van der Waals surface area contributed by atoms with Crippen molar-refractivity contribution in [3.8, 4) is 5.88 Å². The molecule has 0 aromatic carbocycles. The molecule has 2 rings (SSSR count). The number of nitrogens with two attached hydrogens (primary N) is 1. The Morgan fingerprint density at radius 1 is 1.61 bits per heavy atom. The lowest BCUT2D eigenvalue weighted by molar-refractivity contribution is -0.384. The van der Waals surface area contributed by atoms with Crippen molar-refractivity contribution >= 4 is 11.5 Å². The van der Waals surface area contributed by atoms with Gasteiger partial charge >= 0.3 is 5.69 Å². The molecule has 3 N–H and O–H groups in total. The predicted molar refractivity (Wildman–Crippen MR) is 66.7 cm³/mol. The van der Waals surface area contributed by atoms with Crippen molar-refractivity contribution in [1.82, 2.24) is 4.98 Å². The van der Waals surface area contributed by atoms with Crippen molar-refractivity contribution in [3.05, 3.63) is 22.2 Å². The molecule has 1 aromatic heterocycles. The SMILES string of the molecule is COc1ccc([N+](=O)[O-])c(NCC2(N)CCC2)n1. The van der Waals surface area contributed by atoms with Gasteiger partial charge in [-0.15, -0.1) is 0 Å². The number of rotatable bonds is 5. The summed E-state index contributed by atoms with van der Waals surface area (Å²) in [7, 11) is 1.47. The maximum Gasteiger partial charge on any atom is 0.311 e. The van der Waals surface area contributed by atoms with Crippen LogP contribution in [-0.2, 0) is 0 Å². The number of methoxy groups -OCH3 is 1. The number of ether oxygens (including phenoxy) is 1. The maximum atomic E-state index is 10.9. The van der Waals surface area contributed by atoms with Gasteiger partial charge in [0.15, 0.2) is 0 Å². The molecule has 0 radical (unpaired) electrons. The Hall–Kier alpha value is -1.89. The van der Waals surface area contributed by atoms with Crippen LogP contribution in [0.5, 0.6) is 5.88 Å². The minimum atomic E-state index is -0.473. The average Bonchev–Trinajstić information content (AvgIpc) is 2.33. The first-order chi connectivity index (χ1) is 8.54. The van der Waals surface area contributed by atoms with Crippen molar-refractivity contribution in [1.29, 1.82) is 0 Å². The molecular weight excluding hydrogens is 236 g/mol. The molecule has 1 fully saturated rings. The van der Waals surface area contributed by atoms with E-state index in [-0.39, 0.29) is 17.0 Å². The number of hydrogen-bond acceptors (Lipinski definition) is 6. The lowest BCUT2D eigenvalue weighted by Crippen LogP contribution is -2.52. The molecule has 7 heteroatoms. The highest BCUT2D eigenvalue weighted by molar-refractivity contribution is 5.57. The fraction of sp³-hybridized carbons (Fsp3) is 0.545. The summed E-state index contributed by atoms with van der Waals surface area (Å²) in [6.45, 7) is 0.480. The molecule has 18 heavy (non-hydrogen) atoms. The Labute approximate surface area is 104 Å². The van der Waals surface area contributed by atoms with Crippen LogP contribution in [0.15, 0.2) is 12.1 Å². The van der Waals surface area contributed by atoms with Crippen LogP contribution in [0.3, 0.4) is 0 Å². The second kappa shape index (κ2) is 4.77. The van der Waals surface area contributed by atoms with Gasteiger partial charge in [0.05, 0.1) is 12.0 Å². The van der Waals surface area contributed by atoms with Crippen LogP contribution in [0.2, 0.25) is 0 Å². The van der Waals surface area contributed by atoms with Crippen LogP contribution in [0.4, 0.5) is 11.5 Å². The monoisotopic (exact) mass is 252 g/mol. The van der Waals surface area contributed by atoms with Crippen molar-refractivity contribution in [3.63, 3.8) is 0 Å². The largest absolute Gasteiger partial charge is 0.481 e. The van der Waals surface area contributed by atoms with E-state index in [4.69, 9.17) is 10.5 Å². The summed E-state index contributed by atoms with van der Waals surface area (Å²) >= 11 is 0. The molecule has 98 valence electrons. The molecule has 7 nitrogen and oxygen atoms in total. The third-order valence-electron chi connectivity index (χ3n) is 3.21. The number of anilines is 1. The quantitative estimate of drug-likeness (QED) is 0.604. The number of hydrogen-bond donors (Lipinski definition) is 2. The Morgan fingerprint density at radius 2 is 2.33 bits per heavy atom. The van der Waals surface area contributed by atoms with E-state index in [2.05, 4.69) is 10.3 Å². The van der Waals surface area contributed by atoms with E-state index < -0.39 is 4.92 Å². The number of nitrogens with one attached hydrogen (secondary N) is 1. The lowest BCUT2D eigenvalue weighted by Gasteiger charge is -2.38. The van der Waals surface area contributed by atoms with Crippen molar-refractivity contribution < 1.29 is 9.66 Å². The molecule has 1 aliphatic carbocycles. The molecule has 1 aromatic rings. The van der Waals surface area contributed by atoms with Gasteiger partial charge < -0.3 is 15.8 Å². The highest BCUT2D eigenvalue weighted by Crippen LogP contribution is 2.31. The van der Waals surface area contributed by atoms with E-state index in [1.54, 1.807) is 0 Å². The van der Waals surface area contributed by atoms with Gasteiger partial charge in [0.25, 0.3) is 0 Å². The third kappa shape index (κ3) is 2.51. The summed E-state index contributed by atoms with van der Waals surface area (Å²) in [6, 6.07) is 2.84. The zero-order valence-corrected chi connectivity index (χ0v) is 10.2. The van der Waals surface area contributed by atoms with Gasteiger partial charge in [-0.2, -0.15) is 4.98 Å². The standard InChI is InChI=1S/C11H16N4O3/c1-18-9-4-3-8(15(16)17)10(14-9)13-7-11(12)5-2-6-11/h3-4H,2,5-7,12H2,1H3,(H,13,14). The third-order valence-corrected chi connectivity index (χ3v) is 3.21. The summed E-state index contributed by atoms with van der Waals surface area (Å²) in [5, 5.41) is 13.8. The summed E-state index contributed by atoms with van der Waals surface area (Å²) < 4.78 is 4.96. The number of pyridine rings is 1. The van der Waals surface area contributed by atoms with Crippen LogP contribution in [0.1, 0.15) is 19.3 Å². The Morgan fingerprint density at radius 3 is 2.83 bits per heavy atom. The Balaban J connectivity index is 2.15. The maximum absolute atomic E-state index is 10.9. The van der Waals surface area contributed by atoms with Crippen LogP contribution in [0.25, 0.3) is 0 Å². The van der Waals surface area contributed by atoms with E-state index >= 15 is 0 Å². The fourth-order valence-electron chi connectivity index (χ4n) is 1.89. The topological polar surface area (TPSA) is 103 Å². The number of nitrogens with zero attached hydrogens (tertiary/aromatic N) is 2. The van der Waals surface area contributed by atoms with Crippen LogP contribution in [0, 0.1) is 10.1 Å². The van der Waals surface area contributed by atoms with Gasteiger partial charge in [0.1, 0.15) is 0 Å². The second-order valence-electron chi connectivity index (χ2n) is 4.55. The molecular formula is C11H16N4O3. The van der Waals surface area contributed by atoms with E-state index in [1.165, 1.54) is 19.2 Å². The summed E-state index contributed by atoms with van der Waals surface area (Å²) in [5.41, 5.74) is 5.72. The second-order valence-corrected chi connectivity index (χ2v) is 4.55. The predicted octanol–water partition coefficient (Wildman–Crippen LogP) is 1.29. The van der Waals surface area contributed by atoms with Gasteiger partial charge in [-0.25, -0.2) is 0 Å². The zero-order valence-electron chi connectivity index (χ0n) is 10.2. The number of nitro groups is 1. The highest BCUT2D eigenvalue weighted by atomic mass is 16.6. The highest BCUT2D eigenvalue weighted by Gasteiger charge is 2.33. The average molecular weight is 252 g/mol. The molecule has 0 bridgehead atoms. The smallest absolute Gasteiger partial charge is 0.311 e. The fourth-order valence-corrected chi connectivity index (χ4v) is 1.89. The van der Waals surface area contributed by atoms with E-state index in [1.807, 2.05) is 0 Å². The Bertz CT molecular complexity index is 460. The zero-order chi connectivity index (χ0) is 13.2. The van der Waals surface area contributed by atoms with Crippen molar-refractivity contribution in [2.24, 2.45) is 5.73 Å². The minimum absolute atomic E-state index is 0.0706. The normalized spacial score (nSPS) is 16.8. The molecule has 0 unspecified atom stereocenters. The number of aromatic nitrogens is 1. The van der Waals surface area contributed by atoms with E-state index in [0.29, 0.717) is 12.4 Å². The summed E-state index contributed by atoms with van der Waals surface area (Å²) in [4.78, 5) is 14.5. The summed E-state index contributed by atoms with van der Waals surface area (Å²) in [6.07, 6.45) is 2.96. The first kappa shape index (κ1) is 12.6. The van der Waals surface area contributed by atoms with Crippen LogP contribution < -0.4 is 15.8 Å². The summed E-state index contributed by atoms with van der Waals surface area (Å²) in [5.74, 6) is 0.541. The van der Waals surface area contributed by atoms with E-state index in [0.717, 1.165) is 19.3 Å². The molecule has 0 aliphatic heterocycles. The Kier molecular flexibility index (Phi) is 3.33. The van der Waals surface area contributed by atoms with Crippen molar-refractivity contribution in [2.75, 3.05) is 19.0 Å². The van der Waals surface area contributed by atoms with Crippen LogP contribution >= 0.6 is 0 Å². The van der Waals surface area contributed by atoms with Gasteiger partial charge in [0.2, 0.25) is 11.7 Å². The minimum Gasteiger partial charge on any atom is -0.481 e. The van der Waals surface area contributed by atoms with Gasteiger partial charge in [0, 0.05) is 24.2 Å². The van der Waals surface area contributed by atoms with Gasteiger partial charge in [-0.05, 0) is 19.3 Å². The molecule has 0 spiro atoms. The van der Waals surface area contributed by atoms with Gasteiger partial charge in [-0.3, -0.25) is 10.1 Å². The molecule has 1 saturated carbocycles. The van der Waals surface area contributed by atoms with Crippen molar-refractivity contribution in [2.45, 2.75) is 24.8 Å². The van der Waals surface area contributed by atoms with Gasteiger partial charge in [-0.1, -0.05) is 0 Å². The molecule has 0 amide bonds. The first-order valence-electron chi connectivity index (χ1n) is 5.76. The lowest BCUT2D eigenvalue weighted by atomic mass is 9.78. The van der Waals surface area contributed by atoms with E-state index in [9.17, 15) is 10.1 Å². The molecule has 0 saturated heterocycles.